The maximum absolute atomic E-state index is 12.5. The second-order valence-electron chi connectivity index (χ2n) is 14.1. The minimum absolute atomic E-state index is 0.0710. The van der Waals surface area contributed by atoms with Gasteiger partial charge in [0.05, 0.1) is 17.3 Å². The Hall–Kier alpha value is -4.19. The van der Waals surface area contributed by atoms with Crippen LogP contribution in [-0.2, 0) is 21.5 Å². The minimum Gasteiger partial charge on any atom is -0.465 e. The van der Waals surface area contributed by atoms with Gasteiger partial charge in [-0.3, -0.25) is 5.32 Å². The van der Waals surface area contributed by atoms with Gasteiger partial charge >= 0.3 is 12.2 Å². The number of piperidine rings is 1. The third kappa shape index (κ3) is 6.91. The zero-order valence-corrected chi connectivity index (χ0v) is 30.3. The minimum atomic E-state index is -1.09. The Morgan fingerprint density at radius 3 is 2.73 bits per heavy atom. The highest BCUT2D eigenvalue weighted by molar-refractivity contribution is 7.99. The van der Waals surface area contributed by atoms with Crippen LogP contribution < -0.4 is 15.5 Å². The third-order valence-electron chi connectivity index (χ3n) is 9.57. The Morgan fingerprint density at radius 2 is 2.04 bits per heavy atom. The van der Waals surface area contributed by atoms with Crippen LogP contribution in [0.4, 0.5) is 21.2 Å². The van der Waals surface area contributed by atoms with Gasteiger partial charge < -0.3 is 34.4 Å². The highest BCUT2D eigenvalue weighted by Gasteiger charge is 2.68. The molecule has 272 valence electrons. The quantitative estimate of drug-likeness (QED) is 0.167. The van der Waals surface area contributed by atoms with E-state index < -0.39 is 23.2 Å². The van der Waals surface area contributed by atoms with Gasteiger partial charge in [-0.15, -0.1) is 0 Å². The molecule has 7 rings (SSSR count). The SMILES string of the molecule is Cc1cc(C2(CNC(=O)O)C3CCN(c4nc5c(nc4CO)c(Sc4ccnc(NC(=O)OC(C)(C)C)c4Cl)nn5C4CCCCO4)CC32)no1. The van der Waals surface area contributed by atoms with Gasteiger partial charge in [-0.05, 0) is 71.3 Å². The van der Waals surface area contributed by atoms with Gasteiger partial charge in [0, 0.05) is 48.8 Å². The van der Waals surface area contributed by atoms with Crippen molar-refractivity contribution >= 4 is 58.3 Å². The first kappa shape index (κ1) is 35.2. The lowest BCUT2D eigenvalue weighted by atomic mass is 9.96. The number of aliphatic hydroxyl groups is 1. The lowest BCUT2D eigenvalue weighted by Crippen LogP contribution is -2.35. The van der Waals surface area contributed by atoms with Crippen LogP contribution >= 0.6 is 23.4 Å². The zero-order chi connectivity index (χ0) is 36.1. The van der Waals surface area contributed by atoms with Crippen molar-refractivity contribution in [3.63, 3.8) is 0 Å². The second-order valence-corrected chi connectivity index (χ2v) is 15.5. The van der Waals surface area contributed by atoms with Gasteiger partial charge in [0.1, 0.15) is 22.6 Å². The monoisotopic (exact) mass is 741 g/mol. The number of pyridine rings is 1. The van der Waals surface area contributed by atoms with Crippen LogP contribution in [0, 0.1) is 18.8 Å². The average Bonchev–Trinajstić information content (AvgIpc) is 3.30. The molecule has 16 nitrogen and oxygen atoms in total. The number of aryl methyl sites for hydroxylation is 1. The lowest BCUT2D eigenvalue weighted by Gasteiger charge is -2.29. The highest BCUT2D eigenvalue weighted by atomic mass is 35.5. The van der Waals surface area contributed by atoms with E-state index in [0.717, 1.165) is 31.4 Å². The zero-order valence-electron chi connectivity index (χ0n) is 28.7. The molecule has 6 heterocycles. The Bertz CT molecular complexity index is 1960. The maximum atomic E-state index is 12.5. The fraction of sp³-hybridized carbons (Fsp3) is 0.545. The number of hydrogen-bond donors (Lipinski definition) is 4. The Morgan fingerprint density at radius 1 is 1.22 bits per heavy atom. The molecule has 0 radical (unpaired) electrons. The van der Waals surface area contributed by atoms with Crippen LogP contribution in [0.25, 0.3) is 11.2 Å². The molecule has 2 aliphatic heterocycles. The van der Waals surface area contributed by atoms with Crippen molar-refractivity contribution in [3.05, 3.63) is 40.5 Å². The molecule has 0 spiro atoms. The van der Waals surface area contributed by atoms with Gasteiger partial charge in [0.15, 0.2) is 28.5 Å². The number of anilines is 2. The molecule has 2 amide bonds. The van der Waals surface area contributed by atoms with E-state index in [9.17, 15) is 19.8 Å². The van der Waals surface area contributed by atoms with Crippen LogP contribution in [0.5, 0.6) is 0 Å². The van der Waals surface area contributed by atoms with Crippen molar-refractivity contribution in [3.8, 4) is 0 Å². The molecule has 4 atom stereocenters. The van der Waals surface area contributed by atoms with Crippen LogP contribution in [0.15, 0.2) is 32.8 Å². The molecule has 3 fully saturated rings. The summed E-state index contributed by atoms with van der Waals surface area (Å²) >= 11 is 7.99. The molecule has 0 bridgehead atoms. The first-order valence-electron chi connectivity index (χ1n) is 16.9. The van der Waals surface area contributed by atoms with Gasteiger partial charge in [0.2, 0.25) is 0 Å². The van der Waals surface area contributed by atoms with Crippen molar-refractivity contribution < 1.29 is 33.8 Å². The highest BCUT2D eigenvalue weighted by Crippen LogP contribution is 2.63. The number of halogens is 1. The Kier molecular flexibility index (Phi) is 9.49. The van der Waals surface area contributed by atoms with Crippen molar-refractivity contribution in [2.24, 2.45) is 11.8 Å². The third-order valence-corrected chi connectivity index (χ3v) is 11.1. The van der Waals surface area contributed by atoms with E-state index in [0.29, 0.717) is 58.1 Å². The summed E-state index contributed by atoms with van der Waals surface area (Å²) in [5, 5.41) is 35.2. The molecular formula is C33H40ClN9O7S. The normalized spacial score (nSPS) is 23.2. The standard InChI is InChI=1S/C33H40ClN9O7S/c1-17-13-22(41-50-17)33(16-36-30(45)46)18-9-11-42(14-19(18)33)27-20(15-44)37-25-28(39-27)43(23-7-5-6-12-48-23)40-29(25)51-21-8-10-35-26(24(21)34)38-31(47)49-32(2,3)4/h8,10,13,18-19,23,36,44H,5-7,9,11-12,14-16H2,1-4H3,(H,45,46)(H,35,38,47). The molecule has 4 aromatic rings. The van der Waals surface area contributed by atoms with Gasteiger partial charge in [-0.25, -0.2) is 29.2 Å². The van der Waals surface area contributed by atoms with Crippen LogP contribution in [-0.4, -0.2) is 84.1 Å². The summed E-state index contributed by atoms with van der Waals surface area (Å²) in [4.78, 5) is 41.0. The topological polar surface area (TPSA) is 203 Å². The van der Waals surface area contributed by atoms with Crippen molar-refractivity contribution in [2.75, 3.05) is 36.5 Å². The summed E-state index contributed by atoms with van der Waals surface area (Å²) in [6.45, 7) is 8.72. The number of nitrogens with zero attached hydrogens (tertiary/aromatic N) is 7. The molecule has 4 aromatic heterocycles. The van der Waals surface area contributed by atoms with E-state index >= 15 is 0 Å². The summed E-state index contributed by atoms with van der Waals surface area (Å²) in [6, 6.07) is 3.59. The first-order valence-corrected chi connectivity index (χ1v) is 18.1. The van der Waals surface area contributed by atoms with Crippen molar-refractivity contribution in [2.45, 2.75) is 87.2 Å². The molecule has 51 heavy (non-hydrogen) atoms. The average molecular weight is 742 g/mol. The number of rotatable bonds is 9. The molecule has 4 N–H and O–H groups in total. The van der Waals surface area contributed by atoms with E-state index in [4.69, 9.17) is 40.7 Å². The molecule has 1 saturated carbocycles. The number of carbonyl (C=O) groups is 2. The maximum Gasteiger partial charge on any atom is 0.413 e. The largest absolute Gasteiger partial charge is 0.465 e. The Labute approximate surface area is 302 Å². The number of fused-ring (bicyclic) bond motifs is 2. The number of carboxylic acid groups (broad SMARTS) is 1. The summed E-state index contributed by atoms with van der Waals surface area (Å²) in [7, 11) is 0. The van der Waals surface area contributed by atoms with E-state index in [2.05, 4.69) is 25.7 Å². The van der Waals surface area contributed by atoms with E-state index in [-0.39, 0.29) is 42.1 Å². The molecule has 1 aliphatic carbocycles. The molecule has 3 aliphatic rings. The fourth-order valence-corrected chi connectivity index (χ4v) is 8.46. The number of carbonyl (C=O) groups excluding carboxylic acids is 1. The number of amides is 2. The van der Waals surface area contributed by atoms with Crippen molar-refractivity contribution in [1.82, 2.24) is 35.2 Å². The molecule has 2 saturated heterocycles. The van der Waals surface area contributed by atoms with E-state index in [1.165, 1.54) is 18.0 Å². The Balaban J connectivity index is 1.22. The second kappa shape index (κ2) is 13.7. The lowest BCUT2D eigenvalue weighted by molar-refractivity contribution is -0.0376. The molecule has 0 aromatic carbocycles. The molecular weight excluding hydrogens is 702 g/mol. The molecule has 4 unspecified atom stereocenters. The summed E-state index contributed by atoms with van der Waals surface area (Å²) in [6.07, 6.45) is 2.79. The number of ether oxygens (including phenoxy) is 2. The summed E-state index contributed by atoms with van der Waals surface area (Å²) in [5.41, 5.74) is 0.872. The number of hydrogen-bond acceptors (Lipinski definition) is 13. The van der Waals surface area contributed by atoms with Crippen molar-refractivity contribution in [1.29, 1.82) is 0 Å². The predicted octanol–water partition coefficient (Wildman–Crippen LogP) is 5.52. The first-order chi connectivity index (χ1) is 24.4. The van der Waals surface area contributed by atoms with Gasteiger partial charge in [-0.2, -0.15) is 5.10 Å². The summed E-state index contributed by atoms with van der Waals surface area (Å²) < 4.78 is 18.7. The van der Waals surface area contributed by atoms with Crippen LogP contribution in [0.2, 0.25) is 5.02 Å². The van der Waals surface area contributed by atoms with Gasteiger partial charge in [0.25, 0.3) is 0 Å². The van der Waals surface area contributed by atoms with Crippen LogP contribution in [0.1, 0.15) is 69.8 Å². The number of aliphatic hydroxyl groups excluding tert-OH is 1. The number of nitrogens with one attached hydrogen (secondary N) is 2. The number of aromatic nitrogens is 6. The predicted molar refractivity (Wildman–Crippen MR) is 186 cm³/mol. The smallest absolute Gasteiger partial charge is 0.413 e. The van der Waals surface area contributed by atoms with Gasteiger partial charge in [-0.1, -0.05) is 28.5 Å². The molecule has 18 heteroatoms. The summed E-state index contributed by atoms with van der Waals surface area (Å²) in [5.74, 6) is 1.60. The van der Waals surface area contributed by atoms with E-state index in [1.807, 2.05) is 13.0 Å². The fourth-order valence-electron chi connectivity index (χ4n) is 7.30. The van der Waals surface area contributed by atoms with E-state index in [1.54, 1.807) is 31.5 Å². The van der Waals surface area contributed by atoms with Crippen LogP contribution in [0.3, 0.4) is 0 Å².